The molecule has 0 amide bonds. The van der Waals surface area contributed by atoms with Gasteiger partial charge in [-0.05, 0) is 30.0 Å². The summed E-state index contributed by atoms with van der Waals surface area (Å²) in [5.41, 5.74) is 1.27. The highest BCUT2D eigenvalue weighted by Gasteiger charge is 2.17. The molecule has 3 heteroatoms. The van der Waals surface area contributed by atoms with Gasteiger partial charge in [-0.1, -0.05) is 48.8 Å². The van der Waals surface area contributed by atoms with E-state index in [1.165, 1.54) is 5.56 Å². The number of halogens is 1. The van der Waals surface area contributed by atoms with Crippen molar-refractivity contribution < 1.29 is 5.11 Å². The molecule has 1 aromatic carbocycles. The van der Waals surface area contributed by atoms with Gasteiger partial charge in [0.25, 0.3) is 0 Å². The van der Waals surface area contributed by atoms with Crippen LogP contribution in [0.1, 0.15) is 38.8 Å². The van der Waals surface area contributed by atoms with E-state index in [1.54, 1.807) is 0 Å². The summed E-state index contributed by atoms with van der Waals surface area (Å²) in [6.07, 6.45) is 1.02. The van der Waals surface area contributed by atoms with Crippen LogP contribution in [0.25, 0.3) is 0 Å². The van der Waals surface area contributed by atoms with E-state index in [9.17, 15) is 5.11 Å². The number of rotatable bonds is 6. The van der Waals surface area contributed by atoms with Crippen molar-refractivity contribution in [2.45, 2.75) is 39.3 Å². The van der Waals surface area contributed by atoms with Crippen LogP contribution in [0.15, 0.2) is 28.7 Å². The molecule has 0 bridgehead atoms. The predicted octanol–water partition coefficient (Wildman–Crippen LogP) is 3.51. The second-order valence-corrected chi connectivity index (χ2v) is 5.63. The molecule has 1 rings (SSSR count). The van der Waals surface area contributed by atoms with Gasteiger partial charge in [0, 0.05) is 16.6 Å². The monoisotopic (exact) mass is 299 g/mol. The minimum Gasteiger partial charge on any atom is -0.395 e. The molecule has 0 saturated heterocycles. The first-order chi connectivity index (χ1) is 8.08. The lowest BCUT2D eigenvalue weighted by Crippen LogP contribution is -2.39. The van der Waals surface area contributed by atoms with Gasteiger partial charge in [0.05, 0.1) is 6.61 Å². The minimum absolute atomic E-state index is 0.156. The van der Waals surface area contributed by atoms with Crippen LogP contribution in [-0.4, -0.2) is 17.8 Å². The van der Waals surface area contributed by atoms with Gasteiger partial charge in [0.1, 0.15) is 0 Å². The molecule has 2 N–H and O–H groups in total. The topological polar surface area (TPSA) is 32.3 Å². The number of nitrogens with one attached hydrogen (secondary N) is 1. The summed E-state index contributed by atoms with van der Waals surface area (Å²) in [6.45, 7) is 6.60. The average molecular weight is 300 g/mol. The Morgan fingerprint density at radius 2 is 1.82 bits per heavy atom. The number of hydrogen-bond donors (Lipinski definition) is 2. The molecule has 0 fully saturated rings. The lowest BCUT2D eigenvalue weighted by molar-refractivity contribution is 0.198. The third-order valence-electron chi connectivity index (χ3n) is 3.10. The Morgan fingerprint density at radius 3 is 2.24 bits per heavy atom. The number of hydrogen-bond acceptors (Lipinski definition) is 2. The van der Waals surface area contributed by atoms with Gasteiger partial charge in [-0.15, -0.1) is 0 Å². The maximum Gasteiger partial charge on any atom is 0.0587 e. The van der Waals surface area contributed by atoms with Gasteiger partial charge in [0.15, 0.2) is 0 Å². The van der Waals surface area contributed by atoms with Crippen molar-refractivity contribution in [1.29, 1.82) is 0 Å². The number of benzene rings is 1. The van der Waals surface area contributed by atoms with Gasteiger partial charge in [-0.3, -0.25) is 0 Å². The van der Waals surface area contributed by atoms with Gasteiger partial charge < -0.3 is 10.4 Å². The standard InChI is InChI=1S/C14H22BrNO/c1-4-13(16-14(9-17)10(2)3)11-5-7-12(15)8-6-11/h5-8,10,13-14,16-17H,4,9H2,1-3H3. The normalized spacial score (nSPS) is 14.9. The fraction of sp³-hybridized carbons (Fsp3) is 0.571. The van der Waals surface area contributed by atoms with Gasteiger partial charge in [-0.2, -0.15) is 0 Å². The Balaban J connectivity index is 2.74. The first kappa shape index (κ1) is 14.7. The Kier molecular flexibility index (Phi) is 6.17. The number of aliphatic hydroxyl groups excluding tert-OH is 1. The zero-order valence-electron chi connectivity index (χ0n) is 10.8. The van der Waals surface area contributed by atoms with E-state index in [4.69, 9.17) is 0 Å². The quantitative estimate of drug-likeness (QED) is 0.842. The largest absolute Gasteiger partial charge is 0.395 e. The van der Waals surface area contributed by atoms with E-state index in [0.717, 1.165) is 10.9 Å². The molecule has 2 atom stereocenters. The molecule has 17 heavy (non-hydrogen) atoms. The molecule has 0 radical (unpaired) electrons. The SMILES string of the molecule is CCC(NC(CO)C(C)C)c1ccc(Br)cc1. The lowest BCUT2D eigenvalue weighted by Gasteiger charge is -2.26. The van der Waals surface area contributed by atoms with Crippen LogP contribution in [0.5, 0.6) is 0 Å². The maximum atomic E-state index is 9.36. The Hall–Kier alpha value is -0.380. The van der Waals surface area contributed by atoms with Crippen molar-refractivity contribution in [2.24, 2.45) is 5.92 Å². The summed E-state index contributed by atoms with van der Waals surface area (Å²) in [5.74, 6) is 0.435. The summed E-state index contributed by atoms with van der Waals surface area (Å²) >= 11 is 3.44. The van der Waals surface area contributed by atoms with Crippen LogP contribution in [0, 0.1) is 5.92 Å². The van der Waals surface area contributed by atoms with E-state index < -0.39 is 0 Å². The molecule has 0 aliphatic carbocycles. The highest BCUT2D eigenvalue weighted by molar-refractivity contribution is 9.10. The van der Waals surface area contributed by atoms with E-state index >= 15 is 0 Å². The third-order valence-corrected chi connectivity index (χ3v) is 3.63. The van der Waals surface area contributed by atoms with E-state index in [-0.39, 0.29) is 12.6 Å². The fourth-order valence-electron chi connectivity index (χ4n) is 1.86. The molecule has 0 spiro atoms. The Labute approximate surface area is 113 Å². The van der Waals surface area contributed by atoms with Crippen LogP contribution in [0.2, 0.25) is 0 Å². The molecule has 2 nitrogen and oxygen atoms in total. The van der Waals surface area contributed by atoms with Crippen LogP contribution in [0.3, 0.4) is 0 Å². The number of aliphatic hydroxyl groups is 1. The van der Waals surface area contributed by atoms with Crippen LogP contribution in [-0.2, 0) is 0 Å². The second-order valence-electron chi connectivity index (χ2n) is 4.71. The van der Waals surface area contributed by atoms with Crippen molar-refractivity contribution in [1.82, 2.24) is 5.32 Å². The molecule has 1 aromatic rings. The smallest absolute Gasteiger partial charge is 0.0587 e. The van der Waals surface area contributed by atoms with E-state index in [1.807, 2.05) is 0 Å². The third kappa shape index (κ3) is 4.41. The van der Waals surface area contributed by atoms with Crippen molar-refractivity contribution in [3.63, 3.8) is 0 Å². The first-order valence-corrected chi connectivity index (χ1v) is 7.00. The average Bonchev–Trinajstić information content (AvgIpc) is 2.32. The second kappa shape index (κ2) is 7.14. The Morgan fingerprint density at radius 1 is 1.24 bits per heavy atom. The van der Waals surface area contributed by atoms with Gasteiger partial charge >= 0.3 is 0 Å². The highest BCUT2D eigenvalue weighted by Crippen LogP contribution is 2.21. The predicted molar refractivity (Wildman–Crippen MR) is 76.0 cm³/mol. The molecular weight excluding hydrogens is 278 g/mol. The minimum atomic E-state index is 0.156. The summed E-state index contributed by atoms with van der Waals surface area (Å²) in [6, 6.07) is 8.83. The van der Waals surface area contributed by atoms with Crippen molar-refractivity contribution >= 4 is 15.9 Å². The molecule has 0 heterocycles. The molecule has 0 aliphatic rings. The summed E-state index contributed by atoms with van der Waals surface area (Å²) in [5, 5.41) is 12.9. The lowest BCUT2D eigenvalue weighted by atomic mass is 9.99. The van der Waals surface area contributed by atoms with Gasteiger partial charge in [-0.25, -0.2) is 0 Å². The first-order valence-electron chi connectivity index (χ1n) is 6.20. The van der Waals surface area contributed by atoms with Crippen LogP contribution < -0.4 is 5.32 Å². The molecule has 0 aliphatic heterocycles. The Bertz CT molecular complexity index is 323. The van der Waals surface area contributed by atoms with Crippen molar-refractivity contribution in [2.75, 3.05) is 6.61 Å². The highest BCUT2D eigenvalue weighted by atomic mass is 79.9. The van der Waals surface area contributed by atoms with Crippen molar-refractivity contribution in [3.8, 4) is 0 Å². The summed E-state index contributed by atoms with van der Waals surface area (Å²) < 4.78 is 1.10. The van der Waals surface area contributed by atoms with Crippen molar-refractivity contribution in [3.05, 3.63) is 34.3 Å². The maximum absolute atomic E-state index is 9.36. The summed E-state index contributed by atoms with van der Waals surface area (Å²) in [4.78, 5) is 0. The zero-order chi connectivity index (χ0) is 12.8. The molecule has 0 aromatic heterocycles. The van der Waals surface area contributed by atoms with Crippen LogP contribution >= 0.6 is 15.9 Å². The van der Waals surface area contributed by atoms with E-state index in [0.29, 0.717) is 12.0 Å². The molecular formula is C14H22BrNO. The van der Waals surface area contributed by atoms with Crippen LogP contribution in [0.4, 0.5) is 0 Å². The molecule has 0 saturated carbocycles. The van der Waals surface area contributed by atoms with Gasteiger partial charge in [0.2, 0.25) is 0 Å². The summed E-state index contributed by atoms with van der Waals surface area (Å²) in [7, 11) is 0. The fourth-order valence-corrected chi connectivity index (χ4v) is 2.12. The molecule has 96 valence electrons. The molecule has 2 unspecified atom stereocenters. The van der Waals surface area contributed by atoms with E-state index in [2.05, 4.69) is 66.3 Å². The zero-order valence-corrected chi connectivity index (χ0v) is 12.4.